The van der Waals surface area contributed by atoms with E-state index in [1.165, 1.54) is 36.7 Å². The molecule has 0 saturated heterocycles. The first-order valence-corrected chi connectivity index (χ1v) is 13.6. The van der Waals surface area contributed by atoms with Crippen LogP contribution in [0.1, 0.15) is 38.6 Å². The number of pyridine rings is 1. The molecule has 0 spiro atoms. The molecule has 6 aromatic rings. The van der Waals surface area contributed by atoms with E-state index in [2.05, 4.69) is 19.9 Å². The van der Waals surface area contributed by atoms with Crippen LogP contribution < -0.4 is 4.74 Å². The molecule has 0 aliphatic rings. The number of hydrogen-bond donors (Lipinski definition) is 1. The Hall–Kier alpha value is -5.58. The topological polar surface area (TPSA) is 103 Å². The number of nitrogens with zero attached hydrogens (tertiary/aromatic N) is 5. The molecule has 0 radical (unpaired) electrons. The Bertz CT molecular complexity index is 2010. The van der Waals surface area contributed by atoms with Gasteiger partial charge in [-0.2, -0.15) is 0 Å². The smallest absolute Gasteiger partial charge is 0.335 e. The zero-order valence-electron chi connectivity index (χ0n) is 23.3. The Balaban J connectivity index is 1.30. The van der Waals surface area contributed by atoms with Crippen LogP contribution in [0.3, 0.4) is 0 Å². The molecule has 220 valence electrons. The number of fused-ring (bicyclic) bond motifs is 1. The molecule has 0 atom stereocenters. The molecule has 3 aromatic carbocycles. The summed E-state index contributed by atoms with van der Waals surface area (Å²) in [6.45, 7) is 1.89. The normalized spacial score (nSPS) is 11.2. The van der Waals surface area contributed by atoms with Gasteiger partial charge in [-0.25, -0.2) is 27.9 Å². The van der Waals surface area contributed by atoms with Crippen LogP contribution in [0, 0.1) is 24.4 Å². The van der Waals surface area contributed by atoms with Crippen molar-refractivity contribution < 1.29 is 27.8 Å². The fraction of sp³-hybridized carbons (Fsp3) is 0.121. The van der Waals surface area contributed by atoms with E-state index in [9.17, 15) is 14.3 Å². The van der Waals surface area contributed by atoms with E-state index in [1.807, 2.05) is 0 Å². The second-order valence-corrected chi connectivity index (χ2v) is 10.2. The Morgan fingerprint density at radius 3 is 2.52 bits per heavy atom. The van der Waals surface area contributed by atoms with Crippen molar-refractivity contribution in [1.82, 2.24) is 24.5 Å². The summed E-state index contributed by atoms with van der Waals surface area (Å²) in [5, 5.41) is 9.50. The predicted molar refractivity (Wildman–Crippen MR) is 156 cm³/mol. The van der Waals surface area contributed by atoms with Crippen LogP contribution in [0.5, 0.6) is 5.88 Å². The number of ether oxygens (including phenoxy) is 1. The number of carboxylic acids is 1. The van der Waals surface area contributed by atoms with Crippen LogP contribution in [-0.2, 0) is 19.6 Å². The lowest BCUT2D eigenvalue weighted by molar-refractivity contribution is 0.0697. The summed E-state index contributed by atoms with van der Waals surface area (Å²) in [6, 6.07) is 16.1. The van der Waals surface area contributed by atoms with Gasteiger partial charge in [-0.05, 0) is 60.5 Å². The summed E-state index contributed by atoms with van der Waals surface area (Å²) in [5.74, 6) is -2.38. The van der Waals surface area contributed by atoms with Gasteiger partial charge >= 0.3 is 5.97 Å². The molecule has 44 heavy (non-hydrogen) atoms. The van der Waals surface area contributed by atoms with E-state index < -0.39 is 23.4 Å². The average molecular weight is 596 g/mol. The highest BCUT2D eigenvalue weighted by Crippen LogP contribution is 2.28. The van der Waals surface area contributed by atoms with Crippen LogP contribution in [0.25, 0.3) is 22.3 Å². The highest BCUT2D eigenvalue weighted by Gasteiger charge is 2.19. The number of hydrogen-bond acceptors (Lipinski definition) is 6. The molecule has 0 amide bonds. The second kappa shape index (κ2) is 12.0. The van der Waals surface area contributed by atoms with Gasteiger partial charge in [0.25, 0.3) is 0 Å². The third-order valence-corrected chi connectivity index (χ3v) is 7.08. The SMILES string of the molecule is Cc1ccc(COc2cccc(-c3cc(F)c(Cc4nc5ccc(C(=O)O)cc5n4Cc4cnccn4)cc3F)n2)c(F)c1. The number of rotatable bonds is 9. The van der Waals surface area contributed by atoms with Crippen LogP contribution in [0.2, 0.25) is 0 Å². The first kappa shape index (κ1) is 28.5. The first-order valence-electron chi connectivity index (χ1n) is 13.6. The van der Waals surface area contributed by atoms with Crippen molar-refractivity contribution in [3.63, 3.8) is 0 Å². The van der Waals surface area contributed by atoms with Crippen molar-refractivity contribution >= 4 is 17.0 Å². The van der Waals surface area contributed by atoms with Gasteiger partial charge in [-0.1, -0.05) is 18.2 Å². The van der Waals surface area contributed by atoms with Gasteiger partial charge < -0.3 is 14.4 Å². The summed E-state index contributed by atoms with van der Waals surface area (Å²) >= 11 is 0. The van der Waals surface area contributed by atoms with Crippen LogP contribution >= 0.6 is 0 Å². The fourth-order valence-corrected chi connectivity index (χ4v) is 4.85. The Morgan fingerprint density at radius 2 is 1.75 bits per heavy atom. The summed E-state index contributed by atoms with van der Waals surface area (Å²) in [4.78, 5) is 28.9. The lowest BCUT2D eigenvalue weighted by Crippen LogP contribution is -2.09. The highest BCUT2D eigenvalue weighted by atomic mass is 19.1. The molecule has 0 saturated carbocycles. The minimum Gasteiger partial charge on any atom is -0.478 e. The van der Waals surface area contributed by atoms with Crippen molar-refractivity contribution in [3.8, 4) is 17.1 Å². The van der Waals surface area contributed by atoms with Crippen LogP contribution in [0.4, 0.5) is 13.2 Å². The molecule has 1 N–H and O–H groups in total. The van der Waals surface area contributed by atoms with E-state index in [0.29, 0.717) is 28.1 Å². The predicted octanol–water partition coefficient (Wildman–Crippen LogP) is 6.53. The molecule has 0 unspecified atom stereocenters. The lowest BCUT2D eigenvalue weighted by Gasteiger charge is -2.12. The number of carboxylic acid groups (broad SMARTS) is 1. The number of benzene rings is 3. The first-order chi connectivity index (χ1) is 21.2. The molecule has 0 aliphatic heterocycles. The molecule has 3 heterocycles. The number of halogens is 3. The van der Waals surface area contributed by atoms with Gasteiger partial charge in [0.05, 0.1) is 40.7 Å². The van der Waals surface area contributed by atoms with Crippen molar-refractivity contribution in [2.75, 3.05) is 0 Å². The molecular formula is C33H24F3N5O3. The molecule has 0 fully saturated rings. The summed E-state index contributed by atoms with van der Waals surface area (Å²) < 4.78 is 52.6. The summed E-state index contributed by atoms with van der Waals surface area (Å²) in [5.41, 5.74) is 2.89. The Morgan fingerprint density at radius 1 is 0.909 bits per heavy atom. The van der Waals surface area contributed by atoms with Gasteiger partial charge in [0.15, 0.2) is 0 Å². The van der Waals surface area contributed by atoms with Gasteiger partial charge in [-0.15, -0.1) is 0 Å². The average Bonchev–Trinajstić information content (AvgIpc) is 3.34. The maximum absolute atomic E-state index is 15.5. The van der Waals surface area contributed by atoms with E-state index in [4.69, 9.17) is 4.74 Å². The highest BCUT2D eigenvalue weighted by molar-refractivity contribution is 5.92. The maximum atomic E-state index is 15.5. The Labute approximate surface area is 249 Å². The lowest BCUT2D eigenvalue weighted by atomic mass is 10.0. The number of aromatic nitrogens is 5. The second-order valence-electron chi connectivity index (χ2n) is 10.2. The third-order valence-electron chi connectivity index (χ3n) is 7.08. The number of aryl methyl sites for hydroxylation is 1. The maximum Gasteiger partial charge on any atom is 0.335 e. The van der Waals surface area contributed by atoms with Crippen LogP contribution in [-0.4, -0.2) is 35.6 Å². The van der Waals surface area contributed by atoms with Crippen molar-refractivity contribution in [2.24, 2.45) is 0 Å². The molecule has 0 aliphatic carbocycles. The zero-order valence-corrected chi connectivity index (χ0v) is 23.3. The van der Waals surface area contributed by atoms with Gasteiger partial charge in [0.2, 0.25) is 5.88 Å². The fourth-order valence-electron chi connectivity index (χ4n) is 4.85. The molecule has 11 heteroatoms. The summed E-state index contributed by atoms with van der Waals surface area (Å²) in [6.07, 6.45) is 4.53. The summed E-state index contributed by atoms with van der Waals surface area (Å²) in [7, 11) is 0. The monoisotopic (exact) mass is 595 g/mol. The van der Waals surface area contributed by atoms with Crippen molar-refractivity contribution in [2.45, 2.75) is 26.5 Å². The molecular weight excluding hydrogens is 571 g/mol. The molecule has 8 nitrogen and oxygen atoms in total. The van der Waals surface area contributed by atoms with Crippen molar-refractivity contribution in [1.29, 1.82) is 0 Å². The quantitative estimate of drug-likeness (QED) is 0.203. The zero-order chi connectivity index (χ0) is 30.8. The minimum atomic E-state index is -1.10. The van der Waals surface area contributed by atoms with Crippen molar-refractivity contribution in [3.05, 3.63) is 137 Å². The number of aromatic carboxylic acids is 1. The van der Waals surface area contributed by atoms with E-state index in [-0.39, 0.29) is 47.8 Å². The standard InChI is InChI=1S/C33H24F3N5O3/c1-19-5-6-21(25(34)11-19)18-44-32-4-2-3-28(40-32)24-15-26(35)22(12-27(24)36)14-31-39-29-8-7-20(33(42)43)13-30(29)41(31)17-23-16-37-9-10-38-23/h2-13,15-16H,14,17-18H2,1H3,(H,42,43). The van der Waals surface area contributed by atoms with Gasteiger partial charge in [0.1, 0.15) is 29.9 Å². The third kappa shape index (κ3) is 5.98. The minimum absolute atomic E-state index is 0.0441. The molecule has 0 bridgehead atoms. The number of carbonyl (C=O) groups is 1. The Kier molecular flexibility index (Phi) is 7.76. The largest absolute Gasteiger partial charge is 0.478 e. The van der Waals surface area contributed by atoms with Gasteiger partial charge in [0, 0.05) is 36.0 Å². The molecule has 6 rings (SSSR count). The molecule has 3 aromatic heterocycles. The van der Waals surface area contributed by atoms with Crippen LogP contribution in [0.15, 0.2) is 85.3 Å². The van der Waals surface area contributed by atoms with E-state index in [0.717, 1.165) is 17.7 Å². The van der Waals surface area contributed by atoms with Gasteiger partial charge in [-0.3, -0.25) is 9.97 Å². The number of imidazole rings is 1. The van der Waals surface area contributed by atoms with E-state index in [1.54, 1.807) is 48.0 Å². The van der Waals surface area contributed by atoms with E-state index >= 15 is 8.78 Å².